The maximum atomic E-state index is 13.1. The van der Waals surface area contributed by atoms with Crippen molar-refractivity contribution in [3.05, 3.63) is 29.1 Å². The highest BCUT2D eigenvalue weighted by Crippen LogP contribution is 2.27. The first-order valence-electron chi connectivity index (χ1n) is 4.76. The SMILES string of the molecule is Cc1c(N)cc(F)cc1C(O)C(O)CC#N. The standard InChI is InChI=1S/C11H13FN2O2/c1-6-8(4-7(12)5-9(6)14)11(16)10(15)2-3-13/h4-5,10-11,15-16H,2,14H2,1H3. The monoisotopic (exact) mass is 224 g/mol. The average Bonchev–Trinajstić information content (AvgIpc) is 2.22. The number of rotatable bonds is 3. The van der Waals surface area contributed by atoms with Gasteiger partial charge in [-0.05, 0) is 30.2 Å². The lowest BCUT2D eigenvalue weighted by Crippen LogP contribution is -2.19. The van der Waals surface area contributed by atoms with E-state index in [-0.39, 0.29) is 17.7 Å². The number of benzene rings is 1. The molecule has 1 rings (SSSR count). The number of anilines is 1. The van der Waals surface area contributed by atoms with Crippen molar-refractivity contribution in [2.75, 3.05) is 5.73 Å². The van der Waals surface area contributed by atoms with Crippen LogP contribution in [0.5, 0.6) is 0 Å². The molecule has 16 heavy (non-hydrogen) atoms. The third-order valence-electron chi connectivity index (χ3n) is 2.44. The van der Waals surface area contributed by atoms with E-state index in [9.17, 15) is 14.6 Å². The maximum Gasteiger partial charge on any atom is 0.125 e. The van der Waals surface area contributed by atoms with E-state index < -0.39 is 18.0 Å². The Labute approximate surface area is 92.7 Å². The van der Waals surface area contributed by atoms with E-state index in [1.807, 2.05) is 0 Å². The molecule has 0 amide bonds. The van der Waals surface area contributed by atoms with E-state index in [1.54, 1.807) is 13.0 Å². The number of aliphatic hydroxyl groups excluding tert-OH is 2. The van der Waals surface area contributed by atoms with E-state index in [1.165, 1.54) is 0 Å². The molecule has 1 aromatic rings. The van der Waals surface area contributed by atoms with Crippen LogP contribution in [0.2, 0.25) is 0 Å². The molecule has 5 heteroatoms. The summed E-state index contributed by atoms with van der Waals surface area (Å²) in [4.78, 5) is 0. The van der Waals surface area contributed by atoms with Crippen LogP contribution in [-0.2, 0) is 0 Å². The van der Waals surface area contributed by atoms with Crippen molar-refractivity contribution >= 4 is 5.69 Å². The Kier molecular flexibility index (Phi) is 3.82. The number of nitrogen functional groups attached to an aromatic ring is 1. The molecule has 0 saturated carbocycles. The molecule has 4 N–H and O–H groups in total. The van der Waals surface area contributed by atoms with Crippen molar-refractivity contribution in [1.29, 1.82) is 5.26 Å². The minimum Gasteiger partial charge on any atom is -0.398 e. The summed E-state index contributed by atoms with van der Waals surface area (Å²) in [5.41, 5.74) is 6.46. The molecule has 0 aliphatic rings. The van der Waals surface area contributed by atoms with Gasteiger partial charge in [-0.3, -0.25) is 0 Å². The molecule has 0 spiro atoms. The molecule has 0 bridgehead atoms. The summed E-state index contributed by atoms with van der Waals surface area (Å²) < 4.78 is 13.1. The Morgan fingerprint density at radius 2 is 2.12 bits per heavy atom. The van der Waals surface area contributed by atoms with Crippen molar-refractivity contribution in [3.63, 3.8) is 0 Å². The number of nitriles is 1. The Morgan fingerprint density at radius 1 is 1.50 bits per heavy atom. The molecule has 2 unspecified atom stereocenters. The number of halogens is 1. The van der Waals surface area contributed by atoms with Gasteiger partial charge < -0.3 is 15.9 Å². The van der Waals surface area contributed by atoms with Gasteiger partial charge in [-0.25, -0.2) is 4.39 Å². The van der Waals surface area contributed by atoms with Gasteiger partial charge in [0.2, 0.25) is 0 Å². The van der Waals surface area contributed by atoms with Gasteiger partial charge in [-0.15, -0.1) is 0 Å². The summed E-state index contributed by atoms with van der Waals surface area (Å²) >= 11 is 0. The normalized spacial score (nSPS) is 14.2. The number of nitrogens with two attached hydrogens (primary N) is 1. The summed E-state index contributed by atoms with van der Waals surface area (Å²) in [5, 5.41) is 27.6. The largest absolute Gasteiger partial charge is 0.398 e. The molecular weight excluding hydrogens is 211 g/mol. The fourth-order valence-electron chi connectivity index (χ4n) is 1.44. The predicted molar refractivity (Wildman–Crippen MR) is 56.7 cm³/mol. The second-order valence-corrected chi connectivity index (χ2v) is 3.58. The summed E-state index contributed by atoms with van der Waals surface area (Å²) in [6.45, 7) is 1.62. The van der Waals surface area contributed by atoms with Gasteiger partial charge in [0.05, 0.1) is 18.6 Å². The van der Waals surface area contributed by atoms with Crippen LogP contribution in [0.1, 0.15) is 23.7 Å². The zero-order chi connectivity index (χ0) is 12.3. The summed E-state index contributed by atoms with van der Waals surface area (Å²) in [5.74, 6) is -0.582. The predicted octanol–water partition coefficient (Wildman–Crippen LogP) is 1.02. The number of hydrogen-bond donors (Lipinski definition) is 3. The zero-order valence-corrected chi connectivity index (χ0v) is 8.81. The van der Waals surface area contributed by atoms with Gasteiger partial charge in [0.1, 0.15) is 11.9 Å². The highest BCUT2D eigenvalue weighted by atomic mass is 19.1. The van der Waals surface area contributed by atoms with Crippen LogP contribution in [0.15, 0.2) is 12.1 Å². The van der Waals surface area contributed by atoms with Crippen molar-refractivity contribution in [1.82, 2.24) is 0 Å². The molecule has 0 fully saturated rings. The number of hydrogen-bond acceptors (Lipinski definition) is 4. The quantitative estimate of drug-likeness (QED) is 0.669. The van der Waals surface area contributed by atoms with Crippen LogP contribution in [0.4, 0.5) is 10.1 Å². The third kappa shape index (κ3) is 2.48. The second kappa shape index (κ2) is 4.92. The zero-order valence-electron chi connectivity index (χ0n) is 8.81. The molecule has 0 aliphatic heterocycles. The highest BCUT2D eigenvalue weighted by Gasteiger charge is 2.21. The smallest absolute Gasteiger partial charge is 0.125 e. The van der Waals surface area contributed by atoms with Gasteiger partial charge in [0.25, 0.3) is 0 Å². The molecular formula is C11H13FN2O2. The fraction of sp³-hybridized carbons (Fsp3) is 0.364. The third-order valence-corrected chi connectivity index (χ3v) is 2.44. The van der Waals surface area contributed by atoms with E-state index in [2.05, 4.69) is 0 Å². The lowest BCUT2D eigenvalue weighted by atomic mass is 9.97. The van der Waals surface area contributed by atoms with Gasteiger partial charge >= 0.3 is 0 Å². The van der Waals surface area contributed by atoms with E-state index in [0.29, 0.717) is 5.56 Å². The molecule has 0 aromatic heterocycles. The summed E-state index contributed by atoms with van der Waals surface area (Å²) in [6.07, 6.45) is -2.78. The van der Waals surface area contributed by atoms with Crippen molar-refractivity contribution < 1.29 is 14.6 Å². The minimum atomic E-state index is -1.31. The molecule has 0 heterocycles. The number of nitrogens with zero attached hydrogens (tertiary/aromatic N) is 1. The van der Waals surface area contributed by atoms with Crippen LogP contribution in [0.25, 0.3) is 0 Å². The highest BCUT2D eigenvalue weighted by molar-refractivity contribution is 5.51. The lowest BCUT2D eigenvalue weighted by molar-refractivity contribution is 0.0211. The first-order chi connectivity index (χ1) is 7.47. The van der Waals surface area contributed by atoms with Gasteiger partial charge in [-0.1, -0.05) is 0 Å². The van der Waals surface area contributed by atoms with Gasteiger partial charge in [-0.2, -0.15) is 5.26 Å². The molecule has 1 aromatic carbocycles. The van der Waals surface area contributed by atoms with Gasteiger partial charge in [0.15, 0.2) is 0 Å². The topological polar surface area (TPSA) is 90.3 Å². The van der Waals surface area contributed by atoms with Gasteiger partial charge in [0, 0.05) is 5.69 Å². The van der Waals surface area contributed by atoms with E-state index >= 15 is 0 Å². The molecule has 0 aliphatic carbocycles. The average molecular weight is 224 g/mol. The van der Waals surface area contributed by atoms with Crippen LogP contribution in [0.3, 0.4) is 0 Å². The summed E-state index contributed by atoms with van der Waals surface area (Å²) in [7, 11) is 0. The Hall–Kier alpha value is -1.64. The van der Waals surface area contributed by atoms with Crippen molar-refractivity contribution in [2.24, 2.45) is 0 Å². The van der Waals surface area contributed by atoms with E-state index in [0.717, 1.165) is 12.1 Å². The molecule has 2 atom stereocenters. The Morgan fingerprint density at radius 3 is 2.69 bits per heavy atom. The minimum absolute atomic E-state index is 0.207. The van der Waals surface area contributed by atoms with Crippen LogP contribution in [-0.4, -0.2) is 16.3 Å². The number of aliphatic hydroxyl groups is 2. The van der Waals surface area contributed by atoms with Crippen LogP contribution in [0, 0.1) is 24.1 Å². The van der Waals surface area contributed by atoms with Crippen molar-refractivity contribution in [3.8, 4) is 6.07 Å². The first kappa shape index (κ1) is 12.4. The second-order valence-electron chi connectivity index (χ2n) is 3.58. The Bertz CT molecular complexity index is 429. The fourth-order valence-corrected chi connectivity index (χ4v) is 1.44. The summed E-state index contributed by atoms with van der Waals surface area (Å²) in [6, 6.07) is 3.98. The van der Waals surface area contributed by atoms with Crippen LogP contribution < -0.4 is 5.73 Å². The first-order valence-corrected chi connectivity index (χ1v) is 4.76. The lowest BCUT2D eigenvalue weighted by Gasteiger charge is -2.18. The van der Waals surface area contributed by atoms with Crippen molar-refractivity contribution in [2.45, 2.75) is 25.6 Å². The maximum absolute atomic E-state index is 13.1. The molecule has 86 valence electrons. The van der Waals surface area contributed by atoms with Crippen LogP contribution >= 0.6 is 0 Å². The molecule has 0 saturated heterocycles. The molecule has 0 radical (unpaired) electrons. The molecule has 4 nitrogen and oxygen atoms in total. The van der Waals surface area contributed by atoms with E-state index in [4.69, 9.17) is 11.0 Å². The Balaban J connectivity index is 3.08.